The van der Waals surface area contributed by atoms with Crippen LogP contribution in [0.5, 0.6) is 0 Å². The minimum absolute atomic E-state index is 0.265. The maximum atomic E-state index is 13.4. The van der Waals surface area contributed by atoms with E-state index in [4.69, 9.17) is 4.74 Å². The molecule has 0 saturated carbocycles. The molecule has 2 rings (SSSR count). The van der Waals surface area contributed by atoms with E-state index in [-0.39, 0.29) is 6.10 Å². The number of carbonyl (C=O) groups is 1. The highest BCUT2D eigenvalue weighted by Gasteiger charge is 2.54. The highest BCUT2D eigenvalue weighted by Crippen LogP contribution is 2.46. The summed E-state index contributed by atoms with van der Waals surface area (Å²) < 4.78 is 22.5. The van der Waals surface area contributed by atoms with Gasteiger partial charge in [-0.25, -0.2) is 13.7 Å². The van der Waals surface area contributed by atoms with Crippen LogP contribution in [0.15, 0.2) is 30.3 Å². The lowest BCUT2D eigenvalue weighted by molar-refractivity contribution is -0.160. The van der Waals surface area contributed by atoms with E-state index in [1.165, 1.54) is 0 Å². The Morgan fingerprint density at radius 1 is 1.11 bits per heavy atom. The number of thiophene rings is 1. The van der Waals surface area contributed by atoms with E-state index >= 15 is 0 Å². The van der Waals surface area contributed by atoms with E-state index < -0.39 is 32.7 Å². The van der Waals surface area contributed by atoms with Crippen molar-refractivity contribution < 1.29 is 13.7 Å². The van der Waals surface area contributed by atoms with E-state index in [0.717, 1.165) is 15.0 Å². The first-order valence-electron chi connectivity index (χ1n) is 9.19. The summed E-state index contributed by atoms with van der Waals surface area (Å²) in [5.74, 6) is -0.394. The van der Waals surface area contributed by atoms with Gasteiger partial charge in [-0.15, -0.1) is 11.3 Å². The highest BCUT2D eigenvalue weighted by molar-refractivity contribution is 7.84. The van der Waals surface area contributed by atoms with Crippen molar-refractivity contribution in [2.45, 2.75) is 71.8 Å². The molecule has 6 heteroatoms. The number of hydrogen-bond donors (Lipinski definition) is 1. The van der Waals surface area contributed by atoms with Crippen LogP contribution in [0.25, 0.3) is 10.1 Å². The lowest BCUT2D eigenvalue weighted by atomic mass is 9.73. The molecule has 0 fully saturated rings. The van der Waals surface area contributed by atoms with Crippen LogP contribution in [0.2, 0.25) is 0 Å². The maximum absolute atomic E-state index is 13.4. The smallest absolute Gasteiger partial charge is 0.333 e. The first-order chi connectivity index (χ1) is 12.3. The van der Waals surface area contributed by atoms with Crippen LogP contribution in [0.1, 0.15) is 60.3 Å². The van der Waals surface area contributed by atoms with E-state index in [9.17, 15) is 9.00 Å². The first kappa shape index (κ1) is 22.1. The normalized spacial score (nSPS) is 16.3. The monoisotopic (exact) mass is 409 g/mol. The molecule has 1 unspecified atom stereocenters. The summed E-state index contributed by atoms with van der Waals surface area (Å²) in [6.45, 7) is 15.3. The zero-order chi connectivity index (χ0) is 20.6. The summed E-state index contributed by atoms with van der Waals surface area (Å²) in [6.07, 6.45) is -0.265. The van der Waals surface area contributed by atoms with Crippen molar-refractivity contribution in [3.8, 4) is 0 Å². The molecule has 2 aromatic rings. The molecule has 0 bridgehead atoms. The summed E-state index contributed by atoms with van der Waals surface area (Å²) in [5, 5.41) is 1.06. The van der Waals surface area contributed by atoms with Gasteiger partial charge in [-0.3, -0.25) is 0 Å². The van der Waals surface area contributed by atoms with Crippen LogP contribution >= 0.6 is 11.3 Å². The van der Waals surface area contributed by atoms with Gasteiger partial charge < -0.3 is 4.74 Å². The Hall–Kier alpha value is -1.24. The van der Waals surface area contributed by atoms with Crippen LogP contribution < -0.4 is 4.72 Å². The number of nitrogens with one attached hydrogen (secondary N) is 1. The van der Waals surface area contributed by atoms with Gasteiger partial charge in [0.15, 0.2) is 5.54 Å². The van der Waals surface area contributed by atoms with Crippen LogP contribution in [-0.4, -0.2) is 21.0 Å². The fourth-order valence-electron chi connectivity index (χ4n) is 2.78. The molecule has 0 spiro atoms. The number of rotatable bonds is 5. The van der Waals surface area contributed by atoms with Crippen molar-refractivity contribution in [1.82, 2.24) is 4.72 Å². The van der Waals surface area contributed by atoms with Crippen LogP contribution in [0.4, 0.5) is 0 Å². The average molecular weight is 410 g/mol. The number of esters is 1. The number of ether oxygens (including phenoxy) is 1. The second-order valence-electron chi connectivity index (χ2n) is 9.09. The molecule has 0 amide bonds. The number of hydrogen-bond acceptors (Lipinski definition) is 4. The van der Waals surface area contributed by atoms with Gasteiger partial charge in [0.1, 0.15) is 0 Å². The lowest BCUT2D eigenvalue weighted by Gasteiger charge is -2.43. The maximum Gasteiger partial charge on any atom is 0.333 e. The number of carbonyl (C=O) groups excluding carboxylic acids is 1. The van der Waals surface area contributed by atoms with Crippen molar-refractivity contribution in [1.29, 1.82) is 0 Å². The van der Waals surface area contributed by atoms with Crippen LogP contribution in [0, 0.1) is 5.41 Å². The minimum atomic E-state index is -1.45. The van der Waals surface area contributed by atoms with E-state index in [1.807, 2.05) is 85.7 Å². The molecule has 4 nitrogen and oxygen atoms in total. The van der Waals surface area contributed by atoms with Crippen molar-refractivity contribution in [2.75, 3.05) is 0 Å². The SMILES string of the molecule is CC(C)OC(=O)[C@](NS(=O)C(C)(C)C)(c1cc2ccccc2s1)C(C)(C)C. The first-order valence-corrected chi connectivity index (χ1v) is 11.2. The van der Waals surface area contributed by atoms with Gasteiger partial charge in [0, 0.05) is 9.58 Å². The largest absolute Gasteiger partial charge is 0.461 e. The topological polar surface area (TPSA) is 55.4 Å². The number of fused-ring (bicyclic) bond motifs is 1. The Bertz CT molecular complexity index is 810. The molecule has 0 aliphatic heterocycles. The second-order valence-corrected chi connectivity index (χ2v) is 12.1. The Labute approximate surface area is 169 Å². The highest BCUT2D eigenvalue weighted by atomic mass is 32.2. The third kappa shape index (κ3) is 4.44. The molecule has 1 aromatic heterocycles. The predicted octanol–water partition coefficient (Wildman–Crippen LogP) is 5.15. The molecule has 0 aliphatic carbocycles. The molecule has 150 valence electrons. The van der Waals surface area contributed by atoms with Gasteiger partial charge in [-0.1, -0.05) is 39.0 Å². The summed E-state index contributed by atoms with van der Waals surface area (Å²) in [5.41, 5.74) is -1.79. The molecular formula is C21H31NO3S2. The van der Waals surface area contributed by atoms with Crippen molar-refractivity contribution >= 4 is 38.4 Å². The van der Waals surface area contributed by atoms with Crippen LogP contribution in [-0.2, 0) is 26.1 Å². The summed E-state index contributed by atoms with van der Waals surface area (Å²) >= 11 is 1.54. The average Bonchev–Trinajstić information content (AvgIpc) is 2.93. The Morgan fingerprint density at radius 2 is 1.70 bits per heavy atom. The number of benzene rings is 1. The summed E-state index contributed by atoms with van der Waals surface area (Å²) in [7, 11) is -1.45. The van der Waals surface area contributed by atoms with Gasteiger partial charge >= 0.3 is 5.97 Å². The molecule has 1 heterocycles. The lowest BCUT2D eigenvalue weighted by Crippen LogP contribution is -2.60. The quantitative estimate of drug-likeness (QED) is 0.695. The van der Waals surface area contributed by atoms with Gasteiger partial charge in [0.2, 0.25) is 0 Å². The van der Waals surface area contributed by atoms with Crippen molar-refractivity contribution in [2.24, 2.45) is 5.41 Å². The molecule has 0 aliphatic rings. The Morgan fingerprint density at radius 3 is 2.19 bits per heavy atom. The molecule has 27 heavy (non-hydrogen) atoms. The van der Waals surface area contributed by atoms with Gasteiger partial charge in [-0.2, -0.15) is 0 Å². The molecule has 2 atom stereocenters. The van der Waals surface area contributed by atoms with E-state index in [1.54, 1.807) is 11.3 Å². The van der Waals surface area contributed by atoms with Crippen molar-refractivity contribution in [3.05, 3.63) is 35.2 Å². The third-order valence-corrected chi connectivity index (χ3v) is 7.21. The molecule has 0 saturated heterocycles. The molecular weight excluding hydrogens is 378 g/mol. The van der Waals surface area contributed by atoms with E-state index in [0.29, 0.717) is 0 Å². The third-order valence-electron chi connectivity index (χ3n) is 4.37. The molecule has 1 N–H and O–H groups in total. The van der Waals surface area contributed by atoms with Gasteiger partial charge in [0.25, 0.3) is 0 Å². The van der Waals surface area contributed by atoms with E-state index in [2.05, 4.69) is 4.72 Å². The van der Waals surface area contributed by atoms with Crippen molar-refractivity contribution in [3.63, 3.8) is 0 Å². The zero-order valence-corrected chi connectivity index (χ0v) is 19.1. The zero-order valence-electron chi connectivity index (χ0n) is 17.5. The predicted molar refractivity (Wildman–Crippen MR) is 115 cm³/mol. The minimum Gasteiger partial charge on any atom is -0.461 e. The molecule has 0 radical (unpaired) electrons. The van der Waals surface area contributed by atoms with Gasteiger partial charge in [0.05, 0.1) is 21.8 Å². The standard InChI is InChI=1S/C21H31NO3S2/c1-14(2)25-18(23)21(19(3,4)5,22-27(24)20(6,7)8)17-13-15-11-9-10-12-16(15)26-17/h9-14,22H,1-8H3/t21-,27?/m1/s1. The second kappa shape index (κ2) is 7.64. The summed E-state index contributed by atoms with van der Waals surface area (Å²) in [6, 6.07) is 10.0. The fourth-order valence-corrected chi connectivity index (χ4v) is 5.34. The molecule has 1 aromatic carbocycles. The Balaban J connectivity index is 2.73. The Kier molecular flexibility index (Phi) is 6.24. The summed E-state index contributed by atoms with van der Waals surface area (Å²) in [4.78, 5) is 14.3. The van der Waals surface area contributed by atoms with Crippen LogP contribution in [0.3, 0.4) is 0 Å². The fraction of sp³-hybridized carbons (Fsp3) is 0.571. The van der Waals surface area contributed by atoms with Gasteiger partial charge in [-0.05, 0) is 57.6 Å².